The Bertz CT molecular complexity index is 850. The second-order valence-corrected chi connectivity index (χ2v) is 8.66. The summed E-state index contributed by atoms with van der Waals surface area (Å²) in [5.41, 5.74) is 3.07. The predicted molar refractivity (Wildman–Crippen MR) is 117 cm³/mol. The smallest absolute Gasteiger partial charge is 0.228 e. The minimum Gasteiger partial charge on any atom is -0.348 e. The fourth-order valence-electron chi connectivity index (χ4n) is 4.40. The molecule has 2 aromatic carbocycles. The van der Waals surface area contributed by atoms with Gasteiger partial charge in [0.2, 0.25) is 11.8 Å². The Morgan fingerprint density at radius 1 is 0.966 bits per heavy atom. The Hall–Kier alpha value is -2.62. The van der Waals surface area contributed by atoms with Crippen LogP contribution >= 0.6 is 0 Å². The minimum atomic E-state index is -0.470. The summed E-state index contributed by atoms with van der Waals surface area (Å²) in [7, 11) is 3.66. The van der Waals surface area contributed by atoms with Crippen LogP contribution < -0.4 is 0 Å². The summed E-state index contributed by atoms with van der Waals surface area (Å²) in [6, 6.07) is 18.7. The maximum Gasteiger partial charge on any atom is 0.228 e. The van der Waals surface area contributed by atoms with Crippen molar-refractivity contribution in [2.75, 3.05) is 27.2 Å². The SMILES string of the molecule is CC(C)C(=O)N1CCC(Cc2ccccc2-c2ccccc2)(C(=O)N(C)C)CC1. The highest BCUT2D eigenvalue weighted by Crippen LogP contribution is 2.39. The van der Waals surface area contributed by atoms with E-state index in [4.69, 9.17) is 0 Å². The summed E-state index contributed by atoms with van der Waals surface area (Å²) in [5.74, 6) is 0.337. The van der Waals surface area contributed by atoms with Crippen molar-refractivity contribution in [2.45, 2.75) is 33.1 Å². The molecule has 0 spiro atoms. The molecular weight excluding hydrogens is 360 g/mol. The summed E-state index contributed by atoms with van der Waals surface area (Å²) in [6.45, 7) is 5.16. The lowest BCUT2D eigenvalue weighted by Crippen LogP contribution is -2.51. The van der Waals surface area contributed by atoms with Crippen LogP contribution in [-0.4, -0.2) is 48.8 Å². The van der Waals surface area contributed by atoms with Crippen LogP contribution in [-0.2, 0) is 16.0 Å². The lowest BCUT2D eigenvalue weighted by molar-refractivity contribution is -0.147. The molecule has 0 atom stereocenters. The summed E-state index contributed by atoms with van der Waals surface area (Å²) in [6.07, 6.45) is 2.09. The van der Waals surface area contributed by atoms with Crippen LogP contribution in [0.4, 0.5) is 0 Å². The van der Waals surface area contributed by atoms with Gasteiger partial charge in [-0.2, -0.15) is 0 Å². The predicted octanol–water partition coefficient (Wildman–Crippen LogP) is 4.25. The van der Waals surface area contributed by atoms with E-state index in [1.807, 2.05) is 57.1 Å². The number of hydrogen-bond donors (Lipinski definition) is 0. The fraction of sp³-hybridized carbons (Fsp3) is 0.440. The lowest BCUT2D eigenvalue weighted by atomic mass is 9.71. The molecule has 0 saturated carbocycles. The third-order valence-electron chi connectivity index (χ3n) is 6.02. The van der Waals surface area contributed by atoms with Crippen molar-refractivity contribution in [3.63, 3.8) is 0 Å². The van der Waals surface area contributed by atoms with Crippen molar-refractivity contribution in [3.8, 4) is 11.1 Å². The Morgan fingerprint density at radius 3 is 2.14 bits per heavy atom. The molecule has 0 radical (unpaired) electrons. The molecule has 1 aliphatic heterocycles. The van der Waals surface area contributed by atoms with Gasteiger partial charge >= 0.3 is 0 Å². The van der Waals surface area contributed by atoms with Gasteiger partial charge in [0, 0.05) is 33.1 Å². The number of rotatable bonds is 5. The van der Waals surface area contributed by atoms with Crippen molar-refractivity contribution >= 4 is 11.8 Å². The molecule has 2 aromatic rings. The van der Waals surface area contributed by atoms with Crippen LogP contribution in [0.25, 0.3) is 11.1 Å². The maximum atomic E-state index is 13.3. The van der Waals surface area contributed by atoms with Crippen LogP contribution in [0.15, 0.2) is 54.6 Å². The van der Waals surface area contributed by atoms with Crippen LogP contribution in [0.5, 0.6) is 0 Å². The monoisotopic (exact) mass is 392 g/mol. The molecule has 2 amide bonds. The number of nitrogens with zero attached hydrogens (tertiary/aromatic N) is 2. The molecule has 154 valence electrons. The van der Waals surface area contributed by atoms with Gasteiger partial charge in [0.25, 0.3) is 0 Å². The second kappa shape index (κ2) is 8.81. The van der Waals surface area contributed by atoms with Crippen molar-refractivity contribution < 1.29 is 9.59 Å². The van der Waals surface area contributed by atoms with Crippen LogP contribution in [0.2, 0.25) is 0 Å². The molecule has 4 nitrogen and oxygen atoms in total. The molecule has 0 unspecified atom stereocenters. The van der Waals surface area contributed by atoms with Crippen LogP contribution in [0, 0.1) is 11.3 Å². The first-order chi connectivity index (χ1) is 13.8. The van der Waals surface area contributed by atoms with Gasteiger partial charge in [0.1, 0.15) is 0 Å². The summed E-state index contributed by atoms with van der Waals surface area (Å²) in [4.78, 5) is 29.4. The Balaban J connectivity index is 1.91. The summed E-state index contributed by atoms with van der Waals surface area (Å²) >= 11 is 0. The van der Waals surface area contributed by atoms with Crippen molar-refractivity contribution in [3.05, 3.63) is 60.2 Å². The lowest BCUT2D eigenvalue weighted by Gasteiger charge is -2.42. The largest absolute Gasteiger partial charge is 0.348 e. The van der Waals surface area contributed by atoms with E-state index >= 15 is 0 Å². The summed E-state index contributed by atoms with van der Waals surface area (Å²) < 4.78 is 0. The highest BCUT2D eigenvalue weighted by molar-refractivity contribution is 5.84. The van der Waals surface area contributed by atoms with Crippen molar-refractivity contribution in [1.29, 1.82) is 0 Å². The van der Waals surface area contributed by atoms with Gasteiger partial charge in [-0.3, -0.25) is 9.59 Å². The van der Waals surface area contributed by atoms with Gasteiger partial charge < -0.3 is 9.80 Å². The molecule has 0 N–H and O–H groups in total. The highest BCUT2D eigenvalue weighted by Gasteiger charge is 2.43. The van der Waals surface area contributed by atoms with E-state index in [-0.39, 0.29) is 17.7 Å². The van der Waals surface area contributed by atoms with E-state index in [0.717, 1.165) is 0 Å². The number of likely N-dealkylation sites (tertiary alicyclic amines) is 1. The van der Waals surface area contributed by atoms with Gasteiger partial charge in [-0.15, -0.1) is 0 Å². The van der Waals surface area contributed by atoms with Gasteiger partial charge in [-0.1, -0.05) is 68.4 Å². The van der Waals surface area contributed by atoms with E-state index in [9.17, 15) is 9.59 Å². The molecule has 29 heavy (non-hydrogen) atoms. The Kier molecular flexibility index (Phi) is 6.41. The average Bonchev–Trinajstić information content (AvgIpc) is 2.74. The molecule has 1 heterocycles. The molecular formula is C25H32N2O2. The van der Waals surface area contributed by atoms with E-state index in [0.29, 0.717) is 32.4 Å². The van der Waals surface area contributed by atoms with Gasteiger partial charge in [0.05, 0.1) is 5.41 Å². The van der Waals surface area contributed by atoms with Crippen LogP contribution in [0.3, 0.4) is 0 Å². The number of hydrogen-bond acceptors (Lipinski definition) is 2. The second-order valence-electron chi connectivity index (χ2n) is 8.66. The molecule has 4 heteroatoms. The third-order valence-corrected chi connectivity index (χ3v) is 6.02. The summed E-state index contributed by atoms with van der Waals surface area (Å²) in [5, 5.41) is 0. The molecule has 0 bridgehead atoms. The fourth-order valence-corrected chi connectivity index (χ4v) is 4.40. The standard InChI is InChI=1S/C25H32N2O2/c1-19(2)23(28)27-16-14-25(15-17-27,24(29)26(3)4)18-21-12-8-9-13-22(21)20-10-6-5-7-11-20/h5-13,19H,14-18H2,1-4H3. The number of piperidine rings is 1. The first-order valence-corrected chi connectivity index (χ1v) is 10.5. The minimum absolute atomic E-state index is 0.00847. The number of benzene rings is 2. The van der Waals surface area contributed by atoms with E-state index in [2.05, 4.69) is 30.3 Å². The normalized spacial score (nSPS) is 16.0. The number of carbonyl (C=O) groups excluding carboxylic acids is 2. The third kappa shape index (κ3) is 4.52. The van der Waals surface area contributed by atoms with Gasteiger partial charge in [-0.25, -0.2) is 0 Å². The van der Waals surface area contributed by atoms with Gasteiger partial charge in [0.15, 0.2) is 0 Å². The Morgan fingerprint density at radius 2 is 1.55 bits per heavy atom. The first-order valence-electron chi connectivity index (χ1n) is 10.5. The molecule has 0 aliphatic carbocycles. The van der Waals surface area contributed by atoms with E-state index in [1.54, 1.807) is 4.90 Å². The van der Waals surface area contributed by atoms with E-state index < -0.39 is 5.41 Å². The quantitative estimate of drug-likeness (QED) is 0.763. The van der Waals surface area contributed by atoms with Crippen molar-refractivity contribution in [1.82, 2.24) is 9.80 Å². The zero-order chi connectivity index (χ0) is 21.0. The molecule has 3 rings (SSSR count). The highest BCUT2D eigenvalue weighted by atomic mass is 16.2. The number of amides is 2. The first kappa shape index (κ1) is 21.1. The average molecular weight is 393 g/mol. The van der Waals surface area contributed by atoms with Crippen LogP contribution in [0.1, 0.15) is 32.3 Å². The van der Waals surface area contributed by atoms with Gasteiger partial charge in [-0.05, 0) is 36.0 Å². The Labute approximate surface area is 174 Å². The van der Waals surface area contributed by atoms with Crippen molar-refractivity contribution in [2.24, 2.45) is 11.3 Å². The molecule has 0 aromatic heterocycles. The topological polar surface area (TPSA) is 40.6 Å². The maximum absolute atomic E-state index is 13.3. The molecule has 1 aliphatic rings. The van der Waals surface area contributed by atoms with E-state index in [1.165, 1.54) is 16.7 Å². The zero-order valence-corrected chi connectivity index (χ0v) is 18.0. The molecule has 1 fully saturated rings. The zero-order valence-electron chi connectivity index (χ0n) is 18.0. The number of carbonyl (C=O) groups is 2. The molecule has 1 saturated heterocycles.